The Bertz CT molecular complexity index is 361. The van der Waals surface area contributed by atoms with Gasteiger partial charge in [0.15, 0.2) is 0 Å². The van der Waals surface area contributed by atoms with E-state index in [-0.39, 0.29) is 24.6 Å². The van der Waals surface area contributed by atoms with E-state index in [1.807, 2.05) is 12.1 Å². The van der Waals surface area contributed by atoms with Crippen molar-refractivity contribution in [2.45, 2.75) is 32.1 Å². The number of pyridine rings is 1. The van der Waals surface area contributed by atoms with E-state index in [1.165, 1.54) is 0 Å². The molecule has 3 atom stereocenters. The van der Waals surface area contributed by atoms with E-state index in [0.29, 0.717) is 11.1 Å². The SMILES string of the molecule is C[C@@H]1CN[C@H](CNc2ccc(Cl)cn2)[C@H](C)O1.Cl. The lowest BCUT2D eigenvalue weighted by Crippen LogP contribution is -2.53. The maximum atomic E-state index is 5.78. The van der Waals surface area contributed by atoms with E-state index in [4.69, 9.17) is 16.3 Å². The summed E-state index contributed by atoms with van der Waals surface area (Å²) in [6, 6.07) is 4.01. The molecule has 1 saturated heterocycles. The van der Waals surface area contributed by atoms with Gasteiger partial charge in [-0.15, -0.1) is 12.4 Å². The van der Waals surface area contributed by atoms with Crippen LogP contribution in [0.3, 0.4) is 0 Å². The molecule has 0 aromatic carbocycles. The van der Waals surface area contributed by atoms with Gasteiger partial charge in [-0.2, -0.15) is 0 Å². The summed E-state index contributed by atoms with van der Waals surface area (Å²) in [5.74, 6) is 0.835. The zero-order valence-electron chi connectivity index (χ0n) is 10.5. The molecule has 18 heavy (non-hydrogen) atoms. The van der Waals surface area contributed by atoms with Crippen LogP contribution < -0.4 is 10.6 Å². The summed E-state index contributed by atoms with van der Waals surface area (Å²) >= 11 is 5.78. The number of nitrogens with zero attached hydrogens (tertiary/aromatic N) is 1. The van der Waals surface area contributed by atoms with Crippen LogP contribution in [0.25, 0.3) is 0 Å². The molecule has 1 aliphatic rings. The van der Waals surface area contributed by atoms with Crippen molar-refractivity contribution < 1.29 is 4.74 Å². The highest BCUT2D eigenvalue weighted by atomic mass is 35.5. The molecular weight excluding hydrogens is 273 g/mol. The quantitative estimate of drug-likeness (QED) is 0.897. The minimum absolute atomic E-state index is 0. The summed E-state index contributed by atoms with van der Waals surface area (Å²) in [4.78, 5) is 4.19. The lowest BCUT2D eigenvalue weighted by Gasteiger charge is -2.34. The Kier molecular flexibility index (Phi) is 6.15. The summed E-state index contributed by atoms with van der Waals surface area (Å²) in [7, 11) is 0. The molecule has 0 spiro atoms. The number of hydrogen-bond acceptors (Lipinski definition) is 4. The predicted octanol–water partition coefficient (Wildman–Crippen LogP) is 2.33. The number of rotatable bonds is 3. The van der Waals surface area contributed by atoms with Crippen LogP contribution in [-0.2, 0) is 4.74 Å². The first-order valence-electron chi connectivity index (χ1n) is 5.89. The van der Waals surface area contributed by atoms with Gasteiger partial charge in [-0.05, 0) is 26.0 Å². The van der Waals surface area contributed by atoms with Gasteiger partial charge < -0.3 is 15.4 Å². The maximum Gasteiger partial charge on any atom is 0.126 e. The second-order valence-corrected chi connectivity index (χ2v) is 4.85. The third-order valence-corrected chi connectivity index (χ3v) is 3.14. The van der Waals surface area contributed by atoms with E-state index in [1.54, 1.807) is 6.20 Å². The topological polar surface area (TPSA) is 46.2 Å². The van der Waals surface area contributed by atoms with Crippen molar-refractivity contribution in [1.82, 2.24) is 10.3 Å². The molecule has 2 N–H and O–H groups in total. The van der Waals surface area contributed by atoms with Crippen LogP contribution in [0.5, 0.6) is 0 Å². The van der Waals surface area contributed by atoms with Crippen molar-refractivity contribution in [3.63, 3.8) is 0 Å². The highest BCUT2D eigenvalue weighted by molar-refractivity contribution is 6.30. The zero-order chi connectivity index (χ0) is 12.3. The molecule has 2 heterocycles. The van der Waals surface area contributed by atoms with Gasteiger partial charge in [-0.1, -0.05) is 11.6 Å². The molecule has 6 heteroatoms. The van der Waals surface area contributed by atoms with Gasteiger partial charge >= 0.3 is 0 Å². The summed E-state index contributed by atoms with van der Waals surface area (Å²) in [5.41, 5.74) is 0. The fourth-order valence-electron chi connectivity index (χ4n) is 1.93. The van der Waals surface area contributed by atoms with Crippen molar-refractivity contribution in [3.05, 3.63) is 23.4 Å². The van der Waals surface area contributed by atoms with E-state index in [0.717, 1.165) is 18.9 Å². The number of aromatic nitrogens is 1. The van der Waals surface area contributed by atoms with Crippen LogP contribution in [0.15, 0.2) is 18.3 Å². The average molecular weight is 292 g/mol. The molecule has 0 aliphatic carbocycles. The largest absolute Gasteiger partial charge is 0.373 e. The monoisotopic (exact) mass is 291 g/mol. The van der Waals surface area contributed by atoms with E-state index in [9.17, 15) is 0 Å². The predicted molar refractivity (Wildman–Crippen MR) is 76.8 cm³/mol. The molecule has 0 radical (unpaired) electrons. The van der Waals surface area contributed by atoms with Crippen molar-refractivity contribution in [2.75, 3.05) is 18.4 Å². The van der Waals surface area contributed by atoms with E-state index >= 15 is 0 Å². The van der Waals surface area contributed by atoms with Crippen molar-refractivity contribution in [1.29, 1.82) is 0 Å². The molecule has 4 nitrogen and oxygen atoms in total. The number of hydrogen-bond donors (Lipinski definition) is 2. The molecule has 0 bridgehead atoms. The van der Waals surface area contributed by atoms with Gasteiger partial charge in [0, 0.05) is 19.3 Å². The van der Waals surface area contributed by atoms with Crippen LogP contribution in [0.4, 0.5) is 5.82 Å². The first-order valence-corrected chi connectivity index (χ1v) is 6.27. The summed E-state index contributed by atoms with van der Waals surface area (Å²) < 4.78 is 5.76. The summed E-state index contributed by atoms with van der Waals surface area (Å²) in [6.45, 7) is 5.85. The Morgan fingerprint density at radius 2 is 2.28 bits per heavy atom. The number of halogens is 2. The zero-order valence-corrected chi connectivity index (χ0v) is 12.1. The second kappa shape index (κ2) is 7.14. The van der Waals surface area contributed by atoms with Crippen LogP contribution in [0.1, 0.15) is 13.8 Å². The Hall–Kier alpha value is -0.550. The molecule has 102 valence electrons. The average Bonchev–Trinajstić information content (AvgIpc) is 2.30. The standard InChI is InChI=1S/C12H18ClN3O.ClH/c1-8-5-14-11(9(2)17-8)7-16-12-4-3-10(13)6-15-12;/h3-4,6,8-9,11,14H,5,7H2,1-2H3,(H,15,16);1H/t8-,9+,11-;/m1./s1. The molecular formula is C12H19Cl2N3O. The smallest absolute Gasteiger partial charge is 0.126 e. The Balaban J connectivity index is 0.00000162. The van der Waals surface area contributed by atoms with Crippen LogP contribution >= 0.6 is 24.0 Å². The van der Waals surface area contributed by atoms with Gasteiger partial charge in [-0.3, -0.25) is 0 Å². The molecule has 0 saturated carbocycles. The highest BCUT2D eigenvalue weighted by Crippen LogP contribution is 2.12. The van der Waals surface area contributed by atoms with Crippen LogP contribution in [0.2, 0.25) is 5.02 Å². The first-order chi connectivity index (χ1) is 8.15. The molecule has 1 aliphatic heterocycles. The van der Waals surface area contributed by atoms with Crippen molar-refractivity contribution in [2.24, 2.45) is 0 Å². The second-order valence-electron chi connectivity index (χ2n) is 4.41. The lowest BCUT2D eigenvalue weighted by molar-refractivity contribution is -0.0406. The number of nitrogens with one attached hydrogen (secondary N) is 2. The lowest BCUT2D eigenvalue weighted by atomic mass is 10.1. The Labute approximate surface area is 119 Å². The third-order valence-electron chi connectivity index (χ3n) is 2.91. The van der Waals surface area contributed by atoms with Gasteiger partial charge in [0.25, 0.3) is 0 Å². The molecule has 0 amide bonds. The van der Waals surface area contributed by atoms with Crippen LogP contribution in [-0.4, -0.2) is 36.3 Å². The van der Waals surface area contributed by atoms with E-state index in [2.05, 4.69) is 29.5 Å². The molecule has 1 fully saturated rings. The maximum absolute atomic E-state index is 5.78. The number of ether oxygens (including phenoxy) is 1. The Morgan fingerprint density at radius 1 is 1.50 bits per heavy atom. The fourth-order valence-corrected chi connectivity index (χ4v) is 2.04. The van der Waals surface area contributed by atoms with Gasteiger partial charge in [-0.25, -0.2) is 4.98 Å². The minimum Gasteiger partial charge on any atom is -0.373 e. The number of morpholine rings is 1. The first kappa shape index (κ1) is 15.5. The summed E-state index contributed by atoms with van der Waals surface area (Å²) in [6.07, 6.45) is 2.13. The van der Waals surface area contributed by atoms with Gasteiger partial charge in [0.05, 0.1) is 23.3 Å². The van der Waals surface area contributed by atoms with Crippen molar-refractivity contribution >= 4 is 29.8 Å². The normalized spacial score (nSPS) is 27.4. The Morgan fingerprint density at radius 3 is 2.89 bits per heavy atom. The highest BCUT2D eigenvalue weighted by Gasteiger charge is 2.24. The molecule has 1 aromatic heterocycles. The van der Waals surface area contributed by atoms with Gasteiger partial charge in [0.2, 0.25) is 0 Å². The molecule has 0 unspecified atom stereocenters. The summed E-state index contributed by atoms with van der Waals surface area (Å²) in [5, 5.41) is 7.38. The van der Waals surface area contributed by atoms with Crippen molar-refractivity contribution in [3.8, 4) is 0 Å². The minimum atomic E-state index is 0. The third kappa shape index (κ3) is 4.28. The number of anilines is 1. The fraction of sp³-hybridized carbons (Fsp3) is 0.583. The molecule has 2 rings (SSSR count). The van der Waals surface area contributed by atoms with E-state index < -0.39 is 0 Å². The van der Waals surface area contributed by atoms with Gasteiger partial charge in [0.1, 0.15) is 5.82 Å². The molecule has 1 aromatic rings. The van der Waals surface area contributed by atoms with Crippen LogP contribution in [0, 0.1) is 0 Å².